The molecule has 0 atom stereocenters. The molecule has 180 valence electrons. The Morgan fingerprint density at radius 1 is 0.500 bits per heavy atom. The number of ether oxygens (including phenoxy) is 2. The van der Waals surface area contributed by atoms with Crippen molar-refractivity contribution in [2.24, 2.45) is 0 Å². The summed E-state index contributed by atoms with van der Waals surface area (Å²) in [6, 6.07) is 35.3. The van der Waals surface area contributed by atoms with Gasteiger partial charge in [0.2, 0.25) is 0 Å². The first-order chi connectivity index (χ1) is 17.6. The molecule has 4 aromatic rings. The third kappa shape index (κ3) is 3.53. The van der Waals surface area contributed by atoms with Gasteiger partial charge in [0.25, 0.3) is 0 Å². The van der Waals surface area contributed by atoms with E-state index in [1.807, 2.05) is 109 Å². The molecule has 0 heterocycles. The van der Waals surface area contributed by atoms with E-state index in [2.05, 4.69) is 0 Å². The summed E-state index contributed by atoms with van der Waals surface area (Å²) in [6.07, 6.45) is 0.800. The van der Waals surface area contributed by atoms with E-state index in [9.17, 15) is 9.59 Å². The Labute approximate surface area is 211 Å². The van der Waals surface area contributed by atoms with Crippen LogP contribution in [0.2, 0.25) is 0 Å². The van der Waals surface area contributed by atoms with Crippen LogP contribution in [0.1, 0.15) is 33.4 Å². The van der Waals surface area contributed by atoms with E-state index >= 15 is 0 Å². The minimum atomic E-state index is -1.13. The lowest BCUT2D eigenvalue weighted by molar-refractivity contribution is -0.148. The summed E-state index contributed by atoms with van der Waals surface area (Å²) in [5.74, 6) is -0.714. The van der Waals surface area contributed by atoms with Gasteiger partial charge < -0.3 is 9.47 Å². The van der Waals surface area contributed by atoms with Gasteiger partial charge in [0, 0.05) is 0 Å². The Hall–Kier alpha value is -4.18. The number of rotatable bonds is 6. The van der Waals surface area contributed by atoms with Gasteiger partial charge >= 0.3 is 11.9 Å². The number of fused-ring (bicyclic) bond motifs is 2. The second-order valence-corrected chi connectivity index (χ2v) is 9.21. The molecule has 5 rings (SSSR count). The van der Waals surface area contributed by atoms with Crippen molar-refractivity contribution in [3.05, 3.63) is 143 Å². The highest BCUT2D eigenvalue weighted by atomic mass is 16.5. The van der Waals surface area contributed by atoms with E-state index in [-0.39, 0.29) is 11.9 Å². The third-order valence-electron chi connectivity index (χ3n) is 7.39. The maximum Gasteiger partial charge on any atom is 0.321 e. The Morgan fingerprint density at radius 2 is 0.778 bits per heavy atom. The number of carbonyl (C=O) groups excluding carboxylic acids is 2. The van der Waals surface area contributed by atoms with Crippen LogP contribution in [0.15, 0.2) is 109 Å². The first-order valence-electron chi connectivity index (χ1n) is 12.0. The molecule has 1 aliphatic carbocycles. The molecular formula is C32H28O4. The first-order valence-corrected chi connectivity index (χ1v) is 12.0. The minimum Gasteiger partial charge on any atom is -0.468 e. The fourth-order valence-electron chi connectivity index (χ4n) is 5.86. The van der Waals surface area contributed by atoms with E-state index in [4.69, 9.17) is 9.47 Å². The highest BCUT2D eigenvalue weighted by Crippen LogP contribution is 2.53. The number of hydrogen-bond acceptors (Lipinski definition) is 4. The fourth-order valence-corrected chi connectivity index (χ4v) is 5.86. The van der Waals surface area contributed by atoms with Gasteiger partial charge in [-0.05, 0) is 46.2 Å². The van der Waals surface area contributed by atoms with Crippen molar-refractivity contribution in [3.63, 3.8) is 0 Å². The Kier molecular flexibility index (Phi) is 6.19. The molecule has 0 unspecified atom stereocenters. The van der Waals surface area contributed by atoms with E-state index in [1.165, 1.54) is 14.2 Å². The molecule has 4 heteroatoms. The topological polar surface area (TPSA) is 52.6 Å². The van der Waals surface area contributed by atoms with Crippen molar-refractivity contribution in [2.45, 2.75) is 23.7 Å². The van der Waals surface area contributed by atoms with Gasteiger partial charge in [-0.25, -0.2) is 0 Å². The maximum absolute atomic E-state index is 13.9. The zero-order valence-electron chi connectivity index (χ0n) is 20.4. The van der Waals surface area contributed by atoms with E-state index in [0.717, 1.165) is 33.4 Å². The average Bonchev–Trinajstić information content (AvgIpc) is 2.95. The van der Waals surface area contributed by atoms with Crippen LogP contribution < -0.4 is 0 Å². The first kappa shape index (κ1) is 23.6. The predicted octanol–water partition coefficient (Wildman–Crippen LogP) is 5.40. The lowest BCUT2D eigenvalue weighted by Gasteiger charge is -2.46. The van der Waals surface area contributed by atoms with Gasteiger partial charge in [-0.3, -0.25) is 9.59 Å². The summed E-state index contributed by atoms with van der Waals surface area (Å²) in [5.41, 5.74) is 2.81. The van der Waals surface area contributed by atoms with Gasteiger partial charge in [0.05, 0.1) is 14.2 Å². The van der Waals surface area contributed by atoms with Crippen molar-refractivity contribution in [2.75, 3.05) is 14.2 Å². The van der Waals surface area contributed by atoms with E-state index in [1.54, 1.807) is 0 Å². The molecule has 0 amide bonds. The van der Waals surface area contributed by atoms with Crippen LogP contribution in [0, 0.1) is 0 Å². The number of hydrogen-bond donors (Lipinski definition) is 0. The summed E-state index contributed by atoms with van der Waals surface area (Å²) < 4.78 is 11.0. The Morgan fingerprint density at radius 3 is 1.06 bits per heavy atom. The van der Waals surface area contributed by atoms with Gasteiger partial charge in [-0.15, -0.1) is 0 Å². The Bertz CT molecular complexity index is 1240. The summed E-state index contributed by atoms with van der Waals surface area (Å²) in [6.45, 7) is 0. The van der Waals surface area contributed by atoms with Crippen LogP contribution in [-0.2, 0) is 42.7 Å². The molecule has 0 aliphatic heterocycles. The van der Waals surface area contributed by atoms with Crippen molar-refractivity contribution in [1.82, 2.24) is 0 Å². The number of esters is 2. The largest absolute Gasteiger partial charge is 0.468 e. The third-order valence-corrected chi connectivity index (χ3v) is 7.39. The second-order valence-electron chi connectivity index (χ2n) is 9.21. The standard InChI is InChI=1S/C32H28O4/c1-35-29(33)31(21-23-13-5-3-6-14-23)25-17-9-11-19-27(25)32(30(34)36-2,22-24-15-7-4-8-16-24)28-20-12-10-18-26(28)31/h3-20H,21-22H2,1-2H3. The summed E-state index contributed by atoms with van der Waals surface area (Å²) >= 11 is 0. The zero-order chi connectivity index (χ0) is 25.2. The Balaban J connectivity index is 1.88. The molecular weight excluding hydrogens is 448 g/mol. The minimum absolute atomic E-state index is 0.357. The normalized spacial score (nSPS) is 20.1. The van der Waals surface area contributed by atoms with Gasteiger partial charge in [-0.2, -0.15) is 0 Å². The van der Waals surface area contributed by atoms with Crippen LogP contribution in [-0.4, -0.2) is 26.2 Å². The molecule has 0 saturated heterocycles. The average molecular weight is 477 g/mol. The molecule has 0 N–H and O–H groups in total. The summed E-state index contributed by atoms with van der Waals surface area (Å²) in [4.78, 5) is 27.8. The molecule has 0 bridgehead atoms. The molecule has 0 fully saturated rings. The van der Waals surface area contributed by atoms with Gasteiger partial charge in [0.15, 0.2) is 0 Å². The molecule has 0 spiro atoms. The second kappa shape index (κ2) is 9.46. The lowest BCUT2D eigenvalue weighted by atomic mass is 9.54. The van der Waals surface area contributed by atoms with Crippen molar-refractivity contribution in [3.8, 4) is 0 Å². The van der Waals surface area contributed by atoms with Crippen LogP contribution in [0.25, 0.3) is 0 Å². The van der Waals surface area contributed by atoms with Crippen LogP contribution in [0.3, 0.4) is 0 Å². The maximum atomic E-state index is 13.9. The van der Waals surface area contributed by atoms with Crippen LogP contribution in [0.5, 0.6) is 0 Å². The highest BCUT2D eigenvalue weighted by molar-refractivity contribution is 5.97. The van der Waals surface area contributed by atoms with Gasteiger partial charge in [-0.1, -0.05) is 109 Å². The van der Waals surface area contributed by atoms with E-state index in [0.29, 0.717) is 12.8 Å². The molecule has 4 nitrogen and oxygen atoms in total. The molecule has 0 radical (unpaired) electrons. The monoisotopic (exact) mass is 476 g/mol. The van der Waals surface area contributed by atoms with Gasteiger partial charge in [0.1, 0.15) is 10.8 Å². The molecule has 0 aromatic heterocycles. The fraction of sp³-hybridized carbons (Fsp3) is 0.188. The number of carbonyl (C=O) groups is 2. The SMILES string of the molecule is COC(=O)C1(Cc2ccccc2)c2ccccc2C(Cc2ccccc2)(C(=O)OC)c2ccccc21. The zero-order valence-corrected chi connectivity index (χ0v) is 20.4. The van der Waals surface area contributed by atoms with Crippen LogP contribution >= 0.6 is 0 Å². The molecule has 4 aromatic carbocycles. The molecule has 36 heavy (non-hydrogen) atoms. The predicted molar refractivity (Wildman–Crippen MR) is 139 cm³/mol. The molecule has 0 saturated carbocycles. The highest BCUT2D eigenvalue weighted by Gasteiger charge is 2.58. The summed E-state index contributed by atoms with van der Waals surface area (Å²) in [5, 5.41) is 0. The molecule has 1 aliphatic rings. The van der Waals surface area contributed by atoms with E-state index < -0.39 is 10.8 Å². The number of methoxy groups -OCH3 is 2. The quantitative estimate of drug-likeness (QED) is 0.350. The van der Waals surface area contributed by atoms with Crippen LogP contribution in [0.4, 0.5) is 0 Å². The smallest absolute Gasteiger partial charge is 0.321 e. The van der Waals surface area contributed by atoms with Crippen molar-refractivity contribution in [1.29, 1.82) is 0 Å². The summed E-state index contributed by atoms with van der Waals surface area (Å²) in [7, 11) is 2.85. The van der Waals surface area contributed by atoms with Crippen molar-refractivity contribution < 1.29 is 19.1 Å². The number of benzene rings is 4. The lowest BCUT2D eigenvalue weighted by Crippen LogP contribution is -2.52. The van der Waals surface area contributed by atoms with Crippen molar-refractivity contribution >= 4 is 11.9 Å².